The summed E-state index contributed by atoms with van der Waals surface area (Å²) in [6, 6.07) is 4.65. The van der Waals surface area contributed by atoms with Crippen molar-refractivity contribution in [3.8, 4) is 5.88 Å². The first kappa shape index (κ1) is 22.1. The Morgan fingerprint density at radius 1 is 1.25 bits per heavy atom. The number of rotatable bonds is 7. The molecule has 1 aromatic carbocycles. The van der Waals surface area contributed by atoms with E-state index in [0.717, 1.165) is 29.1 Å². The van der Waals surface area contributed by atoms with Gasteiger partial charge in [0.15, 0.2) is 5.88 Å². The highest BCUT2D eigenvalue weighted by Crippen LogP contribution is 2.42. The van der Waals surface area contributed by atoms with E-state index in [9.17, 15) is 18.3 Å². The van der Waals surface area contributed by atoms with Crippen LogP contribution in [0, 0.1) is 6.92 Å². The van der Waals surface area contributed by atoms with Crippen LogP contribution in [0.5, 0.6) is 5.88 Å². The van der Waals surface area contributed by atoms with Crippen LogP contribution in [0.3, 0.4) is 0 Å². The summed E-state index contributed by atoms with van der Waals surface area (Å²) in [6.45, 7) is 3.13. The summed E-state index contributed by atoms with van der Waals surface area (Å²) < 4.78 is 26.9. The first-order valence-corrected chi connectivity index (χ1v) is 11.8. The minimum absolute atomic E-state index is 0.0534. The van der Waals surface area contributed by atoms with Crippen LogP contribution in [0.15, 0.2) is 29.2 Å². The molecule has 1 amide bonds. The molecule has 2 aromatic heterocycles. The zero-order valence-electron chi connectivity index (χ0n) is 18.5. The Bertz CT molecular complexity index is 1350. The van der Waals surface area contributed by atoms with Gasteiger partial charge in [0.25, 0.3) is 5.91 Å². The highest BCUT2D eigenvalue weighted by molar-refractivity contribution is 7.89. The number of carbonyl (C=O) groups excluding carboxylic acids is 1. The standard InChI is InChI=1S/C22H27N5O4S/c1-12-18(21(28)24-9-10-27(3)4)14-6-7-15(20(14)25-12)19-16-11-13(32(30,31)23-2)5-8-17(16)26-22(19)29/h5,7-8,11,23,25-26,29H,6,9-10H2,1-4H3,(H,24,28). The third kappa shape index (κ3) is 3.70. The number of hydrogen-bond acceptors (Lipinski definition) is 5. The highest BCUT2D eigenvalue weighted by Gasteiger charge is 2.29. The molecular weight excluding hydrogens is 430 g/mol. The maximum Gasteiger partial charge on any atom is 0.253 e. The van der Waals surface area contributed by atoms with E-state index in [0.29, 0.717) is 35.0 Å². The van der Waals surface area contributed by atoms with E-state index in [2.05, 4.69) is 20.0 Å². The number of nitrogens with one attached hydrogen (secondary N) is 4. The Kier molecular flexibility index (Phi) is 5.61. The first-order chi connectivity index (χ1) is 15.1. The van der Waals surface area contributed by atoms with Crippen LogP contribution in [0.1, 0.15) is 32.9 Å². The van der Waals surface area contributed by atoms with Crippen LogP contribution in [0.4, 0.5) is 0 Å². The lowest BCUT2D eigenvalue weighted by atomic mass is 10.0. The number of aromatic nitrogens is 2. The molecular formula is C22H27N5O4S. The Morgan fingerprint density at radius 2 is 2.00 bits per heavy atom. The number of H-pyrrole nitrogens is 2. The SMILES string of the molecule is CNS(=O)(=O)c1ccc2[nH]c(O)c(C3=CCc4c3[nH]c(C)c4C(=O)NCCN(C)C)c2c1. The molecule has 170 valence electrons. The molecule has 0 unspecified atom stereocenters. The van der Waals surface area contributed by atoms with E-state index in [1.165, 1.54) is 19.2 Å². The van der Waals surface area contributed by atoms with Gasteiger partial charge in [-0.1, -0.05) is 6.08 Å². The molecule has 0 radical (unpaired) electrons. The number of carbonyl (C=O) groups is 1. The second-order valence-corrected chi connectivity index (χ2v) is 10.0. The van der Waals surface area contributed by atoms with Gasteiger partial charge in [0, 0.05) is 35.3 Å². The quantitative estimate of drug-likeness (QED) is 0.369. The van der Waals surface area contributed by atoms with E-state index in [4.69, 9.17) is 0 Å². The van der Waals surface area contributed by atoms with Gasteiger partial charge in [-0.2, -0.15) is 0 Å². The summed E-state index contributed by atoms with van der Waals surface area (Å²) in [5, 5.41) is 14.2. The number of likely N-dealkylation sites (N-methyl/N-ethyl adjacent to an activating group) is 1. The van der Waals surface area contributed by atoms with Gasteiger partial charge in [-0.3, -0.25) is 4.79 Å². The third-order valence-corrected chi connectivity index (χ3v) is 7.15. The number of amides is 1. The number of nitrogens with zero attached hydrogens (tertiary/aromatic N) is 1. The summed E-state index contributed by atoms with van der Waals surface area (Å²) in [6.07, 6.45) is 2.48. The van der Waals surface area contributed by atoms with E-state index in [1.807, 2.05) is 32.0 Å². The second kappa shape index (κ2) is 8.12. The predicted octanol–water partition coefficient (Wildman–Crippen LogP) is 1.70. The fraction of sp³-hybridized carbons (Fsp3) is 0.318. The molecule has 4 rings (SSSR count). The zero-order chi connectivity index (χ0) is 23.2. The van der Waals surface area contributed by atoms with Crippen LogP contribution in [-0.4, -0.2) is 68.5 Å². The summed E-state index contributed by atoms with van der Waals surface area (Å²) in [5.74, 6) is -0.190. The zero-order valence-corrected chi connectivity index (χ0v) is 19.3. The minimum atomic E-state index is -3.64. The molecule has 2 heterocycles. The van der Waals surface area contributed by atoms with Crippen molar-refractivity contribution >= 4 is 32.4 Å². The maximum atomic E-state index is 12.8. The lowest BCUT2D eigenvalue weighted by molar-refractivity contribution is 0.0950. The number of hydrogen-bond donors (Lipinski definition) is 5. The van der Waals surface area contributed by atoms with Crippen LogP contribution in [0.25, 0.3) is 16.5 Å². The van der Waals surface area contributed by atoms with Crippen molar-refractivity contribution in [2.75, 3.05) is 34.2 Å². The van der Waals surface area contributed by atoms with Crippen molar-refractivity contribution in [3.63, 3.8) is 0 Å². The molecule has 0 saturated heterocycles. The molecule has 9 nitrogen and oxygen atoms in total. The minimum Gasteiger partial charge on any atom is -0.494 e. The molecule has 0 atom stereocenters. The van der Waals surface area contributed by atoms with Gasteiger partial charge in [0.1, 0.15) is 0 Å². The number of sulfonamides is 1. The molecule has 1 aliphatic rings. The summed E-state index contributed by atoms with van der Waals surface area (Å²) in [5.41, 5.74) is 4.85. The number of aryl methyl sites for hydroxylation is 1. The van der Waals surface area contributed by atoms with Crippen molar-refractivity contribution in [1.82, 2.24) is 24.9 Å². The van der Waals surface area contributed by atoms with Crippen LogP contribution < -0.4 is 10.0 Å². The second-order valence-electron chi connectivity index (χ2n) is 8.12. The van der Waals surface area contributed by atoms with Crippen molar-refractivity contribution in [2.45, 2.75) is 18.2 Å². The molecule has 3 aromatic rings. The lowest BCUT2D eigenvalue weighted by Gasteiger charge is -2.11. The summed E-state index contributed by atoms with van der Waals surface area (Å²) >= 11 is 0. The number of aromatic hydroxyl groups is 1. The highest BCUT2D eigenvalue weighted by atomic mass is 32.2. The normalized spacial score (nSPS) is 13.6. The third-order valence-electron chi connectivity index (χ3n) is 5.74. The molecule has 10 heteroatoms. The van der Waals surface area contributed by atoms with Crippen molar-refractivity contribution < 1.29 is 18.3 Å². The van der Waals surface area contributed by atoms with Crippen LogP contribution >= 0.6 is 0 Å². The topological polar surface area (TPSA) is 130 Å². The van der Waals surface area contributed by atoms with Gasteiger partial charge >= 0.3 is 0 Å². The summed E-state index contributed by atoms with van der Waals surface area (Å²) in [7, 11) is 1.61. The lowest BCUT2D eigenvalue weighted by Crippen LogP contribution is -2.31. The average Bonchev–Trinajstić information content (AvgIpc) is 3.37. The Labute approximate surface area is 186 Å². The van der Waals surface area contributed by atoms with E-state index < -0.39 is 10.0 Å². The predicted molar refractivity (Wildman–Crippen MR) is 123 cm³/mol. The average molecular weight is 458 g/mol. The molecule has 0 spiro atoms. The smallest absolute Gasteiger partial charge is 0.253 e. The molecule has 0 aliphatic heterocycles. The number of benzene rings is 1. The fourth-order valence-electron chi connectivity index (χ4n) is 4.15. The number of aromatic amines is 2. The van der Waals surface area contributed by atoms with Crippen molar-refractivity contribution in [3.05, 3.63) is 52.4 Å². The molecule has 0 saturated carbocycles. The Hall–Kier alpha value is -3.08. The molecule has 32 heavy (non-hydrogen) atoms. The van der Waals surface area contributed by atoms with Gasteiger partial charge in [-0.05, 0) is 58.3 Å². The number of fused-ring (bicyclic) bond motifs is 2. The first-order valence-electron chi connectivity index (χ1n) is 10.3. The molecule has 5 N–H and O–H groups in total. The van der Waals surface area contributed by atoms with Gasteiger partial charge in [-0.25, -0.2) is 13.1 Å². The molecule has 0 fully saturated rings. The van der Waals surface area contributed by atoms with E-state index in [1.54, 1.807) is 6.07 Å². The number of allylic oxidation sites excluding steroid dienone is 1. The Balaban J connectivity index is 1.75. The van der Waals surface area contributed by atoms with Gasteiger partial charge < -0.3 is 25.3 Å². The fourth-order valence-corrected chi connectivity index (χ4v) is 4.90. The van der Waals surface area contributed by atoms with Gasteiger partial charge in [0.05, 0.1) is 21.7 Å². The largest absolute Gasteiger partial charge is 0.494 e. The summed E-state index contributed by atoms with van der Waals surface area (Å²) in [4.78, 5) is 21.1. The molecule has 1 aliphatic carbocycles. The van der Waals surface area contributed by atoms with Crippen LogP contribution in [-0.2, 0) is 16.4 Å². The van der Waals surface area contributed by atoms with E-state index in [-0.39, 0.29) is 16.7 Å². The van der Waals surface area contributed by atoms with E-state index >= 15 is 0 Å². The van der Waals surface area contributed by atoms with Crippen molar-refractivity contribution in [2.24, 2.45) is 0 Å². The molecule has 0 bridgehead atoms. The monoisotopic (exact) mass is 457 g/mol. The van der Waals surface area contributed by atoms with Gasteiger partial charge in [-0.15, -0.1) is 0 Å². The van der Waals surface area contributed by atoms with Crippen LogP contribution in [0.2, 0.25) is 0 Å². The van der Waals surface area contributed by atoms with Gasteiger partial charge in [0.2, 0.25) is 10.0 Å². The van der Waals surface area contributed by atoms with Crippen molar-refractivity contribution in [1.29, 1.82) is 0 Å². The maximum absolute atomic E-state index is 12.8. The Morgan fingerprint density at radius 3 is 2.69 bits per heavy atom.